The van der Waals surface area contributed by atoms with Crippen molar-refractivity contribution in [3.05, 3.63) is 60.2 Å². The largest absolute Gasteiger partial charge is 0.476 e. The monoisotopic (exact) mass is 308 g/mol. The lowest BCUT2D eigenvalue weighted by atomic mass is 9.97. The van der Waals surface area contributed by atoms with Gasteiger partial charge in [0.2, 0.25) is 6.10 Å². The highest BCUT2D eigenvalue weighted by molar-refractivity contribution is 6.32. The average Bonchev–Trinajstić information content (AvgIpc) is 2.54. The molecule has 0 fully saturated rings. The maximum Gasteiger partial charge on any atom is 0.265 e. The summed E-state index contributed by atoms with van der Waals surface area (Å²) >= 11 is 0. The zero-order chi connectivity index (χ0) is 16.7. The molecule has 1 N–H and O–H groups in total. The van der Waals surface area contributed by atoms with Gasteiger partial charge in [0.05, 0.1) is 0 Å². The molecular weight excluding hydrogens is 287 g/mol. The first-order chi connectivity index (χ1) is 11.1. The molecule has 1 amide bonds. The summed E-state index contributed by atoms with van der Waals surface area (Å²) in [5.74, 6) is 0.450. The molecule has 5 heteroatoms. The van der Waals surface area contributed by atoms with E-state index in [1.807, 2.05) is 49.3 Å². The molecule has 0 saturated heterocycles. The van der Waals surface area contributed by atoms with Crippen LogP contribution in [0.3, 0.4) is 0 Å². The summed E-state index contributed by atoms with van der Waals surface area (Å²) in [5.41, 5.74) is 1.47. The molecule has 4 nitrogen and oxygen atoms in total. The summed E-state index contributed by atoms with van der Waals surface area (Å²) in [6.07, 6.45) is -0.693. The van der Waals surface area contributed by atoms with E-state index in [1.54, 1.807) is 24.3 Å². The standard InChI is InChI=1S/C18H21BN2O2/c1-21(2)13-12-20-18(22)17(14-6-4-3-5-7-14)23-16-10-8-15(19)9-11-16/h3-11,17H,12-13H2,1-2H3,(H,20,22). The van der Waals surface area contributed by atoms with Crippen LogP contribution in [0, 0.1) is 0 Å². The molecule has 0 aliphatic carbocycles. The predicted molar refractivity (Wildman–Crippen MR) is 93.2 cm³/mol. The van der Waals surface area contributed by atoms with Crippen LogP contribution >= 0.6 is 0 Å². The van der Waals surface area contributed by atoms with Gasteiger partial charge in [0, 0.05) is 18.7 Å². The van der Waals surface area contributed by atoms with Gasteiger partial charge in [-0.25, -0.2) is 0 Å². The number of rotatable bonds is 7. The molecule has 118 valence electrons. The van der Waals surface area contributed by atoms with Crippen molar-refractivity contribution in [3.63, 3.8) is 0 Å². The topological polar surface area (TPSA) is 41.6 Å². The number of nitrogens with zero attached hydrogens (tertiary/aromatic N) is 1. The Hall–Kier alpha value is -2.27. The third kappa shape index (κ3) is 5.45. The zero-order valence-electron chi connectivity index (χ0n) is 13.5. The Bertz CT molecular complexity index is 615. The van der Waals surface area contributed by atoms with E-state index in [2.05, 4.69) is 5.32 Å². The lowest BCUT2D eigenvalue weighted by molar-refractivity contribution is -0.128. The number of hydrogen-bond donors (Lipinski definition) is 1. The molecule has 0 aliphatic heterocycles. The molecular formula is C18H21BN2O2. The number of nitrogens with one attached hydrogen (secondary N) is 1. The smallest absolute Gasteiger partial charge is 0.265 e. The van der Waals surface area contributed by atoms with Gasteiger partial charge in [-0.15, -0.1) is 0 Å². The Morgan fingerprint density at radius 2 is 1.78 bits per heavy atom. The van der Waals surface area contributed by atoms with E-state index in [4.69, 9.17) is 12.6 Å². The average molecular weight is 308 g/mol. The number of likely N-dealkylation sites (N-methyl/N-ethyl adjacent to an activating group) is 1. The van der Waals surface area contributed by atoms with Gasteiger partial charge in [-0.3, -0.25) is 4.79 Å². The maximum atomic E-state index is 12.5. The Kier molecular flexibility index (Phi) is 6.24. The molecule has 0 spiro atoms. The Morgan fingerprint density at radius 3 is 2.39 bits per heavy atom. The van der Waals surface area contributed by atoms with Crippen LogP contribution in [0.1, 0.15) is 11.7 Å². The molecule has 0 bridgehead atoms. The van der Waals surface area contributed by atoms with E-state index in [-0.39, 0.29) is 5.91 Å². The van der Waals surface area contributed by atoms with E-state index in [0.717, 1.165) is 12.1 Å². The minimum absolute atomic E-state index is 0.158. The SMILES string of the molecule is [B]c1ccc(OC(C(=O)NCCN(C)C)c2ccccc2)cc1. The molecule has 0 aromatic heterocycles. The van der Waals surface area contributed by atoms with Crippen molar-refractivity contribution in [2.45, 2.75) is 6.10 Å². The fourth-order valence-corrected chi connectivity index (χ4v) is 2.08. The van der Waals surface area contributed by atoms with Crippen molar-refractivity contribution in [2.75, 3.05) is 27.2 Å². The Balaban J connectivity index is 2.11. The van der Waals surface area contributed by atoms with Crippen LogP contribution in [0.25, 0.3) is 0 Å². The van der Waals surface area contributed by atoms with Gasteiger partial charge in [-0.1, -0.05) is 47.9 Å². The van der Waals surface area contributed by atoms with Crippen LogP contribution < -0.4 is 15.5 Å². The first-order valence-corrected chi connectivity index (χ1v) is 7.56. The van der Waals surface area contributed by atoms with Crippen LogP contribution in [0.5, 0.6) is 5.75 Å². The van der Waals surface area contributed by atoms with E-state index >= 15 is 0 Å². The zero-order valence-corrected chi connectivity index (χ0v) is 13.5. The summed E-state index contributed by atoms with van der Waals surface area (Å²) in [5, 5.41) is 2.91. The molecule has 2 aromatic carbocycles. The molecule has 0 saturated carbocycles. The number of benzene rings is 2. The molecule has 23 heavy (non-hydrogen) atoms. The quantitative estimate of drug-likeness (QED) is 0.784. The number of amides is 1. The minimum atomic E-state index is -0.693. The van der Waals surface area contributed by atoms with E-state index in [9.17, 15) is 4.79 Å². The number of hydrogen-bond acceptors (Lipinski definition) is 3. The maximum absolute atomic E-state index is 12.5. The fourth-order valence-electron chi connectivity index (χ4n) is 2.08. The predicted octanol–water partition coefficient (Wildman–Crippen LogP) is 1.28. The van der Waals surface area contributed by atoms with Crippen molar-refractivity contribution in [2.24, 2.45) is 0 Å². The van der Waals surface area contributed by atoms with Crippen molar-refractivity contribution >= 4 is 19.2 Å². The first-order valence-electron chi connectivity index (χ1n) is 7.56. The van der Waals surface area contributed by atoms with E-state index in [1.165, 1.54) is 0 Å². The highest BCUT2D eigenvalue weighted by Gasteiger charge is 2.22. The summed E-state index contributed by atoms with van der Waals surface area (Å²) in [6, 6.07) is 16.5. The molecule has 2 radical (unpaired) electrons. The van der Waals surface area contributed by atoms with Gasteiger partial charge in [0.25, 0.3) is 5.91 Å². The summed E-state index contributed by atoms with van der Waals surface area (Å²) < 4.78 is 5.89. The molecule has 1 atom stereocenters. The summed E-state index contributed by atoms with van der Waals surface area (Å²) in [6.45, 7) is 1.34. The number of carbonyl (C=O) groups is 1. The highest BCUT2D eigenvalue weighted by Crippen LogP contribution is 2.21. The molecule has 0 heterocycles. The van der Waals surface area contributed by atoms with E-state index < -0.39 is 6.10 Å². The van der Waals surface area contributed by atoms with Crippen molar-refractivity contribution in [1.29, 1.82) is 0 Å². The van der Waals surface area contributed by atoms with Crippen molar-refractivity contribution in [1.82, 2.24) is 10.2 Å². The summed E-state index contributed by atoms with van der Waals surface area (Å²) in [4.78, 5) is 14.5. The van der Waals surface area contributed by atoms with Crippen molar-refractivity contribution in [3.8, 4) is 5.75 Å². The lowest BCUT2D eigenvalue weighted by Crippen LogP contribution is -2.36. The number of carbonyl (C=O) groups excluding carboxylic acids is 1. The van der Waals surface area contributed by atoms with Gasteiger partial charge in [-0.05, 0) is 26.2 Å². The second-order valence-electron chi connectivity index (χ2n) is 5.57. The normalized spacial score (nSPS) is 12.0. The minimum Gasteiger partial charge on any atom is -0.476 e. The van der Waals surface area contributed by atoms with Crippen LogP contribution in [0.15, 0.2) is 54.6 Å². The van der Waals surface area contributed by atoms with Gasteiger partial charge in [0.15, 0.2) is 0 Å². The lowest BCUT2D eigenvalue weighted by Gasteiger charge is -2.20. The van der Waals surface area contributed by atoms with Gasteiger partial charge in [0.1, 0.15) is 13.6 Å². The summed E-state index contributed by atoms with van der Waals surface area (Å²) in [7, 11) is 9.61. The van der Waals surface area contributed by atoms with Crippen molar-refractivity contribution < 1.29 is 9.53 Å². The third-order valence-electron chi connectivity index (χ3n) is 3.33. The fraction of sp³-hybridized carbons (Fsp3) is 0.278. The second kappa shape index (κ2) is 8.39. The van der Waals surface area contributed by atoms with Gasteiger partial charge in [-0.2, -0.15) is 0 Å². The van der Waals surface area contributed by atoms with Crippen LogP contribution in [-0.4, -0.2) is 45.8 Å². The first kappa shape index (κ1) is 17.1. The molecule has 2 aromatic rings. The Labute approximate surface area is 138 Å². The highest BCUT2D eigenvalue weighted by atomic mass is 16.5. The number of ether oxygens (including phenoxy) is 1. The van der Waals surface area contributed by atoms with Gasteiger partial charge >= 0.3 is 0 Å². The van der Waals surface area contributed by atoms with E-state index in [0.29, 0.717) is 17.8 Å². The Morgan fingerprint density at radius 1 is 1.13 bits per heavy atom. The van der Waals surface area contributed by atoms with Gasteiger partial charge < -0.3 is 15.0 Å². The van der Waals surface area contributed by atoms with Crippen LogP contribution in [-0.2, 0) is 4.79 Å². The van der Waals surface area contributed by atoms with Crippen LogP contribution in [0.4, 0.5) is 0 Å². The molecule has 1 unspecified atom stereocenters. The second-order valence-corrected chi connectivity index (χ2v) is 5.57. The molecule has 0 aliphatic rings. The third-order valence-corrected chi connectivity index (χ3v) is 3.33. The van der Waals surface area contributed by atoms with Crippen LogP contribution in [0.2, 0.25) is 0 Å². The molecule has 2 rings (SSSR count).